The highest BCUT2D eigenvalue weighted by Gasteiger charge is 2.27. The monoisotopic (exact) mass is 426 g/mol. The lowest BCUT2D eigenvalue weighted by molar-refractivity contribution is 0.0240. The van der Waals surface area contributed by atoms with E-state index in [1.807, 2.05) is 50.2 Å². The SMILES string of the molecule is COCCn1cncc1-c1ccc2c(N3CCN(C(=O)OC(C)(C)C)CC3)cnn2c1. The van der Waals surface area contributed by atoms with Crippen LogP contribution in [0.2, 0.25) is 0 Å². The number of ether oxygens (including phenoxy) is 2. The highest BCUT2D eigenvalue weighted by Crippen LogP contribution is 2.26. The molecule has 4 rings (SSSR count). The van der Waals surface area contributed by atoms with Crippen LogP contribution < -0.4 is 4.90 Å². The van der Waals surface area contributed by atoms with Crippen LogP contribution in [-0.4, -0.2) is 75.7 Å². The van der Waals surface area contributed by atoms with Crippen molar-refractivity contribution in [1.82, 2.24) is 24.1 Å². The van der Waals surface area contributed by atoms with E-state index in [9.17, 15) is 4.79 Å². The zero-order chi connectivity index (χ0) is 22.0. The minimum Gasteiger partial charge on any atom is -0.444 e. The second-order valence-corrected chi connectivity index (χ2v) is 8.70. The van der Waals surface area contributed by atoms with Crippen LogP contribution in [0.5, 0.6) is 0 Å². The number of piperazine rings is 1. The van der Waals surface area contributed by atoms with Crippen molar-refractivity contribution in [3.8, 4) is 11.3 Å². The molecule has 1 fully saturated rings. The molecule has 0 aliphatic carbocycles. The zero-order valence-corrected chi connectivity index (χ0v) is 18.6. The number of pyridine rings is 1. The number of methoxy groups -OCH3 is 1. The fourth-order valence-corrected chi connectivity index (χ4v) is 3.75. The number of carbonyl (C=O) groups is 1. The molecule has 9 heteroatoms. The Morgan fingerprint density at radius 2 is 1.90 bits per heavy atom. The zero-order valence-electron chi connectivity index (χ0n) is 18.6. The summed E-state index contributed by atoms with van der Waals surface area (Å²) < 4.78 is 14.7. The van der Waals surface area contributed by atoms with E-state index in [4.69, 9.17) is 9.47 Å². The Labute approximate surface area is 182 Å². The molecule has 4 heterocycles. The van der Waals surface area contributed by atoms with Crippen molar-refractivity contribution in [2.75, 3.05) is 44.8 Å². The molecule has 1 aliphatic rings. The standard InChI is InChI=1S/C22H30N6O3/c1-22(2,3)31-21(29)26-9-7-25(8-10-26)20-14-24-28-15-17(5-6-18(20)28)19-13-23-16-27(19)11-12-30-4/h5-6,13-16H,7-12H2,1-4H3. The van der Waals surface area contributed by atoms with Gasteiger partial charge in [0.25, 0.3) is 0 Å². The number of rotatable bonds is 5. The van der Waals surface area contributed by atoms with Crippen molar-refractivity contribution in [2.45, 2.75) is 32.9 Å². The van der Waals surface area contributed by atoms with Crippen molar-refractivity contribution in [3.63, 3.8) is 0 Å². The van der Waals surface area contributed by atoms with Gasteiger partial charge in [-0.25, -0.2) is 14.3 Å². The molecule has 1 amide bonds. The molecular formula is C22H30N6O3. The van der Waals surface area contributed by atoms with Crippen LogP contribution >= 0.6 is 0 Å². The first-order valence-electron chi connectivity index (χ1n) is 10.6. The summed E-state index contributed by atoms with van der Waals surface area (Å²) in [5.41, 5.74) is 3.71. The Morgan fingerprint density at radius 3 is 2.61 bits per heavy atom. The van der Waals surface area contributed by atoms with Gasteiger partial charge in [-0.1, -0.05) is 0 Å². The molecule has 3 aromatic rings. The van der Waals surface area contributed by atoms with Gasteiger partial charge in [0.1, 0.15) is 5.60 Å². The predicted molar refractivity (Wildman–Crippen MR) is 118 cm³/mol. The first-order valence-corrected chi connectivity index (χ1v) is 10.6. The second kappa shape index (κ2) is 8.58. The van der Waals surface area contributed by atoms with E-state index < -0.39 is 5.60 Å². The van der Waals surface area contributed by atoms with Crippen LogP contribution in [0.1, 0.15) is 20.8 Å². The fourth-order valence-electron chi connectivity index (χ4n) is 3.75. The molecule has 31 heavy (non-hydrogen) atoms. The van der Waals surface area contributed by atoms with Crippen LogP contribution in [-0.2, 0) is 16.0 Å². The van der Waals surface area contributed by atoms with E-state index in [0.29, 0.717) is 19.7 Å². The summed E-state index contributed by atoms with van der Waals surface area (Å²) in [5, 5.41) is 4.57. The molecule has 0 unspecified atom stereocenters. The summed E-state index contributed by atoms with van der Waals surface area (Å²) in [6.07, 6.45) is 7.34. The summed E-state index contributed by atoms with van der Waals surface area (Å²) in [4.78, 5) is 20.6. The summed E-state index contributed by atoms with van der Waals surface area (Å²) >= 11 is 0. The number of anilines is 1. The third-order valence-corrected chi connectivity index (χ3v) is 5.31. The maximum Gasteiger partial charge on any atom is 0.410 e. The molecule has 166 valence electrons. The van der Waals surface area contributed by atoms with Crippen molar-refractivity contribution < 1.29 is 14.3 Å². The van der Waals surface area contributed by atoms with Crippen LogP contribution in [0, 0.1) is 0 Å². The third-order valence-electron chi connectivity index (χ3n) is 5.31. The summed E-state index contributed by atoms with van der Waals surface area (Å²) in [7, 11) is 1.70. The number of carbonyl (C=O) groups excluding carboxylic acids is 1. The Hall–Kier alpha value is -3.07. The predicted octanol–water partition coefficient (Wildman–Crippen LogP) is 2.90. The molecule has 1 saturated heterocycles. The lowest BCUT2D eigenvalue weighted by Crippen LogP contribution is -2.50. The molecule has 3 aromatic heterocycles. The number of amides is 1. The Bertz CT molecular complexity index is 1040. The third kappa shape index (κ3) is 4.66. The van der Waals surface area contributed by atoms with Gasteiger partial charge in [-0.15, -0.1) is 0 Å². The van der Waals surface area contributed by atoms with Crippen molar-refractivity contribution in [1.29, 1.82) is 0 Å². The average molecular weight is 427 g/mol. The first-order chi connectivity index (χ1) is 14.9. The number of nitrogens with zero attached hydrogens (tertiary/aromatic N) is 6. The summed E-state index contributed by atoms with van der Waals surface area (Å²) in [6, 6.07) is 4.18. The molecule has 0 spiro atoms. The van der Waals surface area contributed by atoms with Gasteiger partial charge in [0.15, 0.2) is 0 Å². The maximum absolute atomic E-state index is 12.3. The normalized spacial score (nSPS) is 15.0. The van der Waals surface area contributed by atoms with Crippen molar-refractivity contribution in [3.05, 3.63) is 37.1 Å². The molecule has 1 aliphatic heterocycles. The Kier molecular flexibility index (Phi) is 5.86. The fraction of sp³-hybridized carbons (Fsp3) is 0.500. The Balaban J connectivity index is 1.47. The van der Waals surface area contributed by atoms with Crippen LogP contribution in [0.15, 0.2) is 37.1 Å². The highest BCUT2D eigenvalue weighted by atomic mass is 16.6. The van der Waals surface area contributed by atoms with E-state index >= 15 is 0 Å². The van der Waals surface area contributed by atoms with Gasteiger partial charge in [0.05, 0.1) is 42.2 Å². The molecule has 0 aromatic carbocycles. The lowest BCUT2D eigenvalue weighted by atomic mass is 10.2. The quantitative estimate of drug-likeness (QED) is 0.624. The van der Waals surface area contributed by atoms with Gasteiger partial charge >= 0.3 is 6.09 Å². The van der Waals surface area contributed by atoms with Gasteiger partial charge in [0, 0.05) is 51.6 Å². The van der Waals surface area contributed by atoms with Gasteiger partial charge in [0.2, 0.25) is 0 Å². The number of fused-ring (bicyclic) bond motifs is 1. The van der Waals surface area contributed by atoms with Gasteiger partial charge in [-0.3, -0.25) is 0 Å². The lowest BCUT2D eigenvalue weighted by Gasteiger charge is -2.36. The van der Waals surface area contributed by atoms with Crippen LogP contribution in [0.3, 0.4) is 0 Å². The van der Waals surface area contributed by atoms with Gasteiger partial charge in [-0.05, 0) is 32.9 Å². The Morgan fingerprint density at radius 1 is 1.13 bits per heavy atom. The van der Waals surface area contributed by atoms with E-state index in [1.165, 1.54) is 0 Å². The minimum atomic E-state index is -0.479. The van der Waals surface area contributed by atoms with Crippen molar-refractivity contribution >= 4 is 17.3 Å². The van der Waals surface area contributed by atoms with Gasteiger partial charge < -0.3 is 23.8 Å². The maximum atomic E-state index is 12.3. The van der Waals surface area contributed by atoms with Crippen LogP contribution in [0.25, 0.3) is 16.8 Å². The molecule has 0 atom stereocenters. The number of imidazole rings is 1. The molecule has 0 N–H and O–H groups in total. The van der Waals surface area contributed by atoms with E-state index in [2.05, 4.69) is 31.7 Å². The molecular weight excluding hydrogens is 396 g/mol. The largest absolute Gasteiger partial charge is 0.444 e. The molecule has 0 bridgehead atoms. The molecule has 0 radical (unpaired) electrons. The number of hydrogen-bond donors (Lipinski definition) is 0. The topological polar surface area (TPSA) is 77.1 Å². The highest BCUT2D eigenvalue weighted by molar-refractivity contribution is 5.75. The first kappa shape index (κ1) is 21.2. The summed E-state index contributed by atoms with van der Waals surface area (Å²) in [6.45, 7) is 9.78. The van der Waals surface area contributed by atoms with Crippen molar-refractivity contribution in [2.24, 2.45) is 0 Å². The van der Waals surface area contributed by atoms with E-state index in [-0.39, 0.29) is 6.09 Å². The minimum absolute atomic E-state index is 0.248. The van der Waals surface area contributed by atoms with Gasteiger partial charge in [-0.2, -0.15) is 5.10 Å². The summed E-state index contributed by atoms with van der Waals surface area (Å²) in [5.74, 6) is 0. The smallest absolute Gasteiger partial charge is 0.410 e. The van der Waals surface area contributed by atoms with E-state index in [0.717, 1.165) is 42.1 Å². The number of hydrogen-bond acceptors (Lipinski definition) is 6. The molecule has 0 saturated carbocycles. The molecule has 9 nitrogen and oxygen atoms in total. The van der Waals surface area contributed by atoms with E-state index in [1.54, 1.807) is 12.0 Å². The van der Waals surface area contributed by atoms with Crippen LogP contribution in [0.4, 0.5) is 10.5 Å². The average Bonchev–Trinajstić information content (AvgIpc) is 3.37. The number of aromatic nitrogens is 4. The second-order valence-electron chi connectivity index (χ2n) is 8.70.